The minimum absolute atomic E-state index is 0.0238. The molecule has 4 nitrogen and oxygen atoms in total. The molecule has 2 aromatic rings. The molecule has 1 unspecified atom stereocenters. The van der Waals surface area contributed by atoms with Gasteiger partial charge in [-0.2, -0.15) is 5.10 Å². The number of benzene rings is 1. The molecule has 0 radical (unpaired) electrons. The average molecular weight is 301 g/mol. The van der Waals surface area contributed by atoms with Gasteiger partial charge in [0.25, 0.3) is 0 Å². The van der Waals surface area contributed by atoms with Crippen molar-refractivity contribution in [1.82, 2.24) is 15.5 Å². The van der Waals surface area contributed by atoms with E-state index in [1.54, 1.807) is 18.5 Å². The third-order valence-electron chi connectivity index (χ3n) is 4.64. The SMILES string of the molecule is CC(NC(=O)C1(c2cccc(F)c2)CCCC1)c1cn[nH]c1. The molecule has 1 amide bonds. The van der Waals surface area contributed by atoms with Gasteiger partial charge in [0.15, 0.2) is 0 Å². The molecule has 1 aliphatic rings. The van der Waals surface area contributed by atoms with E-state index >= 15 is 0 Å². The van der Waals surface area contributed by atoms with Crippen LogP contribution in [0.1, 0.15) is 49.8 Å². The molecular weight excluding hydrogens is 281 g/mol. The largest absolute Gasteiger partial charge is 0.349 e. The van der Waals surface area contributed by atoms with Crippen molar-refractivity contribution in [3.63, 3.8) is 0 Å². The van der Waals surface area contributed by atoms with Gasteiger partial charge >= 0.3 is 0 Å². The van der Waals surface area contributed by atoms with Crippen molar-refractivity contribution in [2.24, 2.45) is 0 Å². The fourth-order valence-electron chi connectivity index (χ4n) is 3.33. The van der Waals surface area contributed by atoms with Crippen LogP contribution in [0.25, 0.3) is 0 Å². The number of H-pyrrole nitrogens is 1. The third-order valence-corrected chi connectivity index (χ3v) is 4.64. The van der Waals surface area contributed by atoms with Crippen molar-refractivity contribution >= 4 is 5.91 Å². The number of carbonyl (C=O) groups excluding carboxylic acids is 1. The summed E-state index contributed by atoms with van der Waals surface area (Å²) in [4.78, 5) is 12.9. The fraction of sp³-hybridized carbons (Fsp3) is 0.412. The number of nitrogens with one attached hydrogen (secondary N) is 2. The molecule has 1 aromatic heterocycles. The van der Waals surface area contributed by atoms with E-state index in [9.17, 15) is 9.18 Å². The quantitative estimate of drug-likeness (QED) is 0.911. The highest BCUT2D eigenvalue weighted by molar-refractivity contribution is 5.88. The van der Waals surface area contributed by atoms with E-state index in [1.165, 1.54) is 12.1 Å². The molecule has 1 heterocycles. The number of carbonyl (C=O) groups is 1. The highest BCUT2D eigenvalue weighted by Crippen LogP contribution is 2.42. The van der Waals surface area contributed by atoms with E-state index in [0.717, 1.165) is 36.8 Å². The second kappa shape index (κ2) is 5.91. The topological polar surface area (TPSA) is 57.8 Å². The highest BCUT2D eigenvalue weighted by Gasteiger charge is 2.43. The highest BCUT2D eigenvalue weighted by atomic mass is 19.1. The number of hydrogen-bond donors (Lipinski definition) is 2. The molecular formula is C17H20FN3O. The summed E-state index contributed by atoms with van der Waals surface area (Å²) >= 11 is 0. The summed E-state index contributed by atoms with van der Waals surface area (Å²) in [5, 5.41) is 9.72. The summed E-state index contributed by atoms with van der Waals surface area (Å²) in [6, 6.07) is 6.32. The smallest absolute Gasteiger partial charge is 0.231 e. The predicted octanol–water partition coefficient (Wildman–Crippen LogP) is 3.24. The standard InChI is InChI=1S/C17H20FN3O/c1-12(13-10-19-20-11-13)21-16(22)17(7-2-3-8-17)14-5-4-6-15(18)9-14/h4-6,9-12H,2-3,7-8H2,1H3,(H,19,20)(H,21,22). The maximum absolute atomic E-state index is 13.6. The van der Waals surface area contributed by atoms with E-state index in [4.69, 9.17) is 0 Å². The van der Waals surface area contributed by atoms with Gasteiger partial charge < -0.3 is 5.32 Å². The Labute approximate surface area is 129 Å². The lowest BCUT2D eigenvalue weighted by atomic mass is 9.77. The van der Waals surface area contributed by atoms with Gasteiger partial charge in [0.1, 0.15) is 5.82 Å². The maximum atomic E-state index is 13.6. The second-order valence-corrected chi connectivity index (χ2v) is 6.03. The minimum atomic E-state index is -0.611. The summed E-state index contributed by atoms with van der Waals surface area (Å²) in [6.45, 7) is 1.93. The number of nitrogens with zero attached hydrogens (tertiary/aromatic N) is 1. The van der Waals surface area contributed by atoms with Crippen molar-refractivity contribution in [3.05, 3.63) is 53.6 Å². The first-order chi connectivity index (χ1) is 10.6. The fourth-order valence-corrected chi connectivity index (χ4v) is 3.33. The molecule has 1 aromatic carbocycles. The number of aromatic amines is 1. The van der Waals surface area contributed by atoms with Gasteiger partial charge in [-0.1, -0.05) is 25.0 Å². The van der Waals surface area contributed by atoms with Crippen LogP contribution < -0.4 is 5.32 Å². The van der Waals surface area contributed by atoms with E-state index in [0.29, 0.717) is 0 Å². The Bertz CT molecular complexity index is 648. The van der Waals surface area contributed by atoms with Gasteiger partial charge in [0.2, 0.25) is 5.91 Å². The molecule has 116 valence electrons. The molecule has 22 heavy (non-hydrogen) atoms. The molecule has 0 spiro atoms. The lowest BCUT2D eigenvalue weighted by Crippen LogP contribution is -2.43. The number of hydrogen-bond acceptors (Lipinski definition) is 2. The maximum Gasteiger partial charge on any atom is 0.231 e. The van der Waals surface area contributed by atoms with Crippen LogP contribution in [0.4, 0.5) is 4.39 Å². The molecule has 3 rings (SSSR count). The van der Waals surface area contributed by atoms with Crippen LogP contribution in [0.5, 0.6) is 0 Å². The number of aromatic nitrogens is 2. The van der Waals surface area contributed by atoms with E-state index in [-0.39, 0.29) is 17.8 Å². The van der Waals surface area contributed by atoms with Gasteiger partial charge in [-0.05, 0) is 37.5 Å². The van der Waals surface area contributed by atoms with Crippen molar-refractivity contribution < 1.29 is 9.18 Å². The lowest BCUT2D eigenvalue weighted by molar-refractivity contribution is -0.127. The number of amides is 1. The number of rotatable bonds is 4. The van der Waals surface area contributed by atoms with Crippen LogP contribution >= 0.6 is 0 Å². The van der Waals surface area contributed by atoms with E-state index in [2.05, 4.69) is 15.5 Å². The first kappa shape index (κ1) is 14.8. The zero-order valence-corrected chi connectivity index (χ0v) is 12.6. The molecule has 1 aliphatic carbocycles. The molecule has 0 aliphatic heterocycles. The van der Waals surface area contributed by atoms with Crippen molar-refractivity contribution in [3.8, 4) is 0 Å². The van der Waals surface area contributed by atoms with Crippen LogP contribution in [0, 0.1) is 5.82 Å². The Balaban J connectivity index is 1.86. The van der Waals surface area contributed by atoms with Crippen molar-refractivity contribution in [2.75, 3.05) is 0 Å². The Morgan fingerprint density at radius 3 is 2.82 bits per heavy atom. The summed E-state index contributed by atoms with van der Waals surface area (Å²) in [5.74, 6) is -0.316. The van der Waals surface area contributed by atoms with E-state index in [1.807, 2.05) is 13.0 Å². The van der Waals surface area contributed by atoms with Gasteiger partial charge in [-0.3, -0.25) is 9.89 Å². The Morgan fingerprint density at radius 1 is 1.41 bits per heavy atom. The molecule has 2 N–H and O–H groups in total. The average Bonchev–Trinajstić information content (AvgIpc) is 3.19. The predicted molar refractivity (Wildman–Crippen MR) is 81.7 cm³/mol. The summed E-state index contributed by atoms with van der Waals surface area (Å²) in [6.07, 6.45) is 6.98. The molecule has 1 atom stereocenters. The molecule has 1 saturated carbocycles. The van der Waals surface area contributed by atoms with Crippen LogP contribution in [-0.4, -0.2) is 16.1 Å². The molecule has 0 saturated heterocycles. The lowest BCUT2D eigenvalue weighted by Gasteiger charge is -2.30. The zero-order chi connectivity index (χ0) is 15.6. The molecule has 1 fully saturated rings. The normalized spacial score (nSPS) is 18.1. The van der Waals surface area contributed by atoms with Crippen molar-refractivity contribution in [1.29, 1.82) is 0 Å². The third kappa shape index (κ3) is 2.63. The zero-order valence-electron chi connectivity index (χ0n) is 12.6. The van der Waals surface area contributed by atoms with Gasteiger partial charge in [-0.25, -0.2) is 4.39 Å². The Morgan fingerprint density at radius 2 is 2.18 bits per heavy atom. The van der Waals surface area contributed by atoms with Gasteiger partial charge in [0, 0.05) is 11.8 Å². The van der Waals surface area contributed by atoms with Gasteiger partial charge in [-0.15, -0.1) is 0 Å². The van der Waals surface area contributed by atoms with Crippen LogP contribution in [-0.2, 0) is 10.2 Å². The van der Waals surface area contributed by atoms with E-state index < -0.39 is 5.41 Å². The second-order valence-electron chi connectivity index (χ2n) is 6.03. The van der Waals surface area contributed by atoms with Crippen LogP contribution in [0.3, 0.4) is 0 Å². The Kier molecular flexibility index (Phi) is 3.96. The summed E-state index contributed by atoms with van der Waals surface area (Å²) < 4.78 is 13.6. The monoisotopic (exact) mass is 301 g/mol. The Hall–Kier alpha value is -2.17. The molecule has 0 bridgehead atoms. The summed E-state index contributed by atoms with van der Waals surface area (Å²) in [5.41, 5.74) is 1.10. The first-order valence-electron chi connectivity index (χ1n) is 7.67. The summed E-state index contributed by atoms with van der Waals surface area (Å²) in [7, 11) is 0. The first-order valence-corrected chi connectivity index (χ1v) is 7.67. The van der Waals surface area contributed by atoms with Gasteiger partial charge in [0.05, 0.1) is 17.7 Å². The van der Waals surface area contributed by atoms with Crippen LogP contribution in [0.2, 0.25) is 0 Å². The van der Waals surface area contributed by atoms with Crippen molar-refractivity contribution in [2.45, 2.75) is 44.1 Å². The number of halogens is 1. The van der Waals surface area contributed by atoms with Crippen LogP contribution in [0.15, 0.2) is 36.7 Å². The molecule has 5 heteroatoms. The minimum Gasteiger partial charge on any atom is -0.349 e.